The highest BCUT2D eigenvalue weighted by Gasteiger charge is 2.41. The molecule has 15 heavy (non-hydrogen) atoms. The molecule has 1 amide bonds. The molecule has 0 unspecified atom stereocenters. The van der Waals surface area contributed by atoms with Crippen LogP contribution < -0.4 is 4.90 Å². The lowest BCUT2D eigenvalue weighted by atomic mass is 10.3. The van der Waals surface area contributed by atoms with Crippen molar-refractivity contribution < 1.29 is 23.1 Å². The molecule has 0 aromatic heterocycles. The van der Waals surface area contributed by atoms with E-state index < -0.39 is 23.7 Å². The molecule has 0 spiro atoms. The van der Waals surface area contributed by atoms with Crippen LogP contribution in [0.5, 0.6) is 0 Å². The second kappa shape index (κ2) is 4.31. The number of hydrogen-bond donors (Lipinski definition) is 0. The zero-order valence-corrected chi connectivity index (χ0v) is 7.49. The molecule has 1 radical (unpaired) electrons. The summed E-state index contributed by atoms with van der Waals surface area (Å²) in [4.78, 5) is 10.4. The van der Waals surface area contributed by atoms with Crippen molar-refractivity contribution in [2.45, 2.75) is 6.30 Å². The normalized spacial score (nSPS) is 11.2. The van der Waals surface area contributed by atoms with E-state index in [-0.39, 0.29) is 5.69 Å². The molecule has 1 aromatic carbocycles. The zero-order chi connectivity index (χ0) is 11.5. The van der Waals surface area contributed by atoms with Crippen molar-refractivity contribution in [3.63, 3.8) is 0 Å². The average Bonchev–Trinajstić information content (AvgIpc) is 2.17. The molecule has 1 aromatic rings. The summed E-state index contributed by atoms with van der Waals surface area (Å²) in [7, 11) is 0. The molecule has 1 rings (SSSR count). The Kier molecular flexibility index (Phi) is 3.31. The van der Waals surface area contributed by atoms with E-state index in [1.54, 1.807) is 0 Å². The van der Waals surface area contributed by atoms with Crippen LogP contribution in [0.1, 0.15) is 0 Å². The minimum atomic E-state index is -4.87. The topological polar surface area (TPSA) is 40.2 Å². The summed E-state index contributed by atoms with van der Waals surface area (Å²) in [6.45, 7) is -1.44. The molecule has 0 aliphatic carbocycles. The van der Waals surface area contributed by atoms with Gasteiger partial charge in [-0.3, -0.25) is 4.79 Å². The van der Waals surface area contributed by atoms with E-state index in [1.165, 1.54) is 18.2 Å². The lowest BCUT2D eigenvalue weighted by Gasteiger charge is -2.23. The monoisotopic (exact) mass is 218 g/mol. The summed E-state index contributed by atoms with van der Waals surface area (Å²) < 4.78 is 37.2. The van der Waals surface area contributed by atoms with Crippen molar-refractivity contribution in [2.24, 2.45) is 0 Å². The standard InChI is InChI=1S/C9H7F3NO2/c10-9(11,12)13(8(15)6-14)7-4-2-1-3-5-7/h1-5H,6H2. The van der Waals surface area contributed by atoms with E-state index in [0.717, 1.165) is 12.1 Å². The molecule has 0 heterocycles. The van der Waals surface area contributed by atoms with E-state index in [1.807, 2.05) is 0 Å². The van der Waals surface area contributed by atoms with E-state index in [9.17, 15) is 23.1 Å². The quantitative estimate of drug-likeness (QED) is 0.699. The molecule has 0 saturated carbocycles. The smallest absolute Gasteiger partial charge is 0.271 e. The van der Waals surface area contributed by atoms with Crippen LogP contribution >= 0.6 is 0 Å². The van der Waals surface area contributed by atoms with Crippen molar-refractivity contribution in [3.05, 3.63) is 30.3 Å². The molecule has 0 bridgehead atoms. The zero-order valence-electron chi connectivity index (χ0n) is 7.49. The predicted molar refractivity (Wildman–Crippen MR) is 45.5 cm³/mol. The van der Waals surface area contributed by atoms with Crippen LogP contribution in [0.3, 0.4) is 0 Å². The number of carbonyl (C=O) groups excluding carboxylic acids is 1. The molecule has 0 fully saturated rings. The van der Waals surface area contributed by atoms with E-state index in [4.69, 9.17) is 0 Å². The summed E-state index contributed by atoms with van der Waals surface area (Å²) >= 11 is 0. The largest absolute Gasteiger partial charge is 0.491 e. The van der Waals surface area contributed by atoms with Crippen molar-refractivity contribution in [3.8, 4) is 0 Å². The van der Waals surface area contributed by atoms with Gasteiger partial charge in [0.1, 0.15) is 0 Å². The predicted octanol–water partition coefficient (Wildman–Crippen LogP) is 1.97. The van der Waals surface area contributed by atoms with Gasteiger partial charge in [-0.15, -0.1) is 13.2 Å². The fourth-order valence-electron chi connectivity index (χ4n) is 1.07. The van der Waals surface area contributed by atoms with E-state index in [2.05, 4.69) is 0 Å². The summed E-state index contributed by atoms with van der Waals surface area (Å²) in [5.41, 5.74) is -0.356. The Hall–Kier alpha value is -1.56. The molecule has 0 aliphatic heterocycles. The SMILES string of the molecule is [O]CC(=O)N(c1ccccc1)C(F)(F)F. The molecule has 0 saturated heterocycles. The first-order chi connectivity index (χ1) is 6.96. The summed E-state index contributed by atoms with van der Waals surface area (Å²) in [5.74, 6) is -1.52. The highest BCUT2D eigenvalue weighted by molar-refractivity contribution is 5.94. The molecular formula is C9H7F3NO2. The molecule has 6 heteroatoms. The van der Waals surface area contributed by atoms with Crippen LogP contribution in [0.4, 0.5) is 18.9 Å². The van der Waals surface area contributed by atoms with Gasteiger partial charge in [-0.25, -0.2) is 10.0 Å². The maximum Gasteiger partial charge on any atom is 0.491 e. The first-order valence-corrected chi connectivity index (χ1v) is 3.99. The minimum absolute atomic E-state index is 0.356. The maximum absolute atomic E-state index is 12.4. The third kappa shape index (κ3) is 2.69. The Morgan fingerprint density at radius 1 is 1.20 bits per heavy atom. The van der Waals surface area contributed by atoms with Crippen LogP contribution in [-0.4, -0.2) is 18.8 Å². The van der Waals surface area contributed by atoms with Crippen LogP contribution in [0.25, 0.3) is 0 Å². The molecule has 81 valence electrons. The van der Waals surface area contributed by atoms with Gasteiger partial charge in [0.25, 0.3) is 5.91 Å². The van der Waals surface area contributed by atoms with Crippen LogP contribution in [0, 0.1) is 0 Å². The number of carbonyl (C=O) groups is 1. The number of nitrogens with zero attached hydrogens (tertiary/aromatic N) is 1. The van der Waals surface area contributed by atoms with E-state index >= 15 is 0 Å². The van der Waals surface area contributed by atoms with Crippen molar-refractivity contribution in [1.29, 1.82) is 0 Å². The third-order valence-corrected chi connectivity index (χ3v) is 1.64. The number of rotatable bonds is 2. The van der Waals surface area contributed by atoms with Gasteiger partial charge < -0.3 is 0 Å². The summed E-state index contributed by atoms with van der Waals surface area (Å²) in [6.07, 6.45) is -4.87. The molecule has 0 N–H and O–H groups in total. The fourth-order valence-corrected chi connectivity index (χ4v) is 1.07. The first-order valence-electron chi connectivity index (χ1n) is 3.99. The van der Waals surface area contributed by atoms with Gasteiger partial charge >= 0.3 is 6.30 Å². The Morgan fingerprint density at radius 3 is 2.13 bits per heavy atom. The highest BCUT2D eigenvalue weighted by Crippen LogP contribution is 2.28. The van der Waals surface area contributed by atoms with Gasteiger partial charge in [0.05, 0.1) is 5.69 Å². The molecular weight excluding hydrogens is 211 g/mol. The van der Waals surface area contributed by atoms with Crippen molar-refractivity contribution in [1.82, 2.24) is 0 Å². The van der Waals surface area contributed by atoms with Gasteiger partial charge in [0, 0.05) is 0 Å². The average molecular weight is 218 g/mol. The van der Waals surface area contributed by atoms with Gasteiger partial charge in [0.2, 0.25) is 0 Å². The maximum atomic E-state index is 12.4. The van der Waals surface area contributed by atoms with Crippen LogP contribution in [0.15, 0.2) is 30.3 Å². The van der Waals surface area contributed by atoms with Gasteiger partial charge in [0.15, 0.2) is 6.61 Å². The van der Waals surface area contributed by atoms with Crippen LogP contribution in [0.2, 0.25) is 0 Å². The minimum Gasteiger partial charge on any atom is -0.271 e. The Labute approximate surface area is 83.7 Å². The number of alkyl halides is 3. The second-order valence-corrected chi connectivity index (χ2v) is 2.68. The number of halogens is 3. The number of para-hydroxylation sites is 1. The lowest BCUT2D eigenvalue weighted by Crippen LogP contribution is -2.44. The second-order valence-electron chi connectivity index (χ2n) is 2.68. The Balaban J connectivity index is 3.08. The molecule has 0 aliphatic rings. The molecule has 0 atom stereocenters. The van der Waals surface area contributed by atoms with Crippen molar-refractivity contribution in [2.75, 3.05) is 11.5 Å². The highest BCUT2D eigenvalue weighted by atomic mass is 19.4. The van der Waals surface area contributed by atoms with Crippen molar-refractivity contribution >= 4 is 11.6 Å². The summed E-state index contributed by atoms with van der Waals surface area (Å²) in [6, 6.07) is 6.44. The first kappa shape index (κ1) is 11.5. The number of anilines is 1. The number of benzene rings is 1. The van der Waals surface area contributed by atoms with Crippen LogP contribution in [-0.2, 0) is 9.90 Å². The van der Waals surface area contributed by atoms with Gasteiger partial charge in [-0.1, -0.05) is 18.2 Å². The third-order valence-electron chi connectivity index (χ3n) is 1.64. The number of amides is 1. The van der Waals surface area contributed by atoms with Gasteiger partial charge in [-0.05, 0) is 12.1 Å². The Bertz CT molecular complexity index is 337. The van der Waals surface area contributed by atoms with E-state index in [0.29, 0.717) is 0 Å². The fraction of sp³-hybridized carbons (Fsp3) is 0.222. The molecule has 3 nitrogen and oxygen atoms in total. The summed E-state index contributed by atoms with van der Waals surface area (Å²) in [5, 5.41) is 10.2. The lowest BCUT2D eigenvalue weighted by molar-refractivity contribution is -0.153. The Morgan fingerprint density at radius 2 is 1.73 bits per heavy atom. The van der Waals surface area contributed by atoms with Gasteiger partial charge in [-0.2, -0.15) is 0 Å². The number of hydrogen-bond acceptors (Lipinski definition) is 1.